The van der Waals surface area contributed by atoms with Gasteiger partial charge in [0, 0.05) is 12.1 Å². The number of carbonyl (C=O) groups excluding carboxylic acids is 3. The van der Waals surface area contributed by atoms with Gasteiger partial charge in [0.15, 0.2) is 0 Å². The third-order valence-corrected chi connectivity index (χ3v) is 5.33. The van der Waals surface area contributed by atoms with Gasteiger partial charge in [0.25, 0.3) is 5.91 Å². The Morgan fingerprint density at radius 2 is 2.12 bits per heavy atom. The molecule has 32 heavy (non-hydrogen) atoms. The number of likely N-dealkylation sites (tertiary alicyclic amines) is 1. The van der Waals surface area contributed by atoms with Gasteiger partial charge >= 0.3 is 0 Å². The standard InChI is InChI=1S/C20H21BrFN7O3/c21-15-4-1-5-16(27-15)28-20(32)14-3-2-6-29(14)17(30)10-26-13-9-25-11(8-22)7-12(13)18(23)19(24)31/h1,4-5,7,9,14,23,26H,2-3,6,8,10H2,(H2,24,31)(H,27,28,32)/t14-/m0/s1. The van der Waals surface area contributed by atoms with Crippen molar-refractivity contribution in [2.24, 2.45) is 5.73 Å². The quantitative estimate of drug-likeness (QED) is 0.315. The fourth-order valence-corrected chi connectivity index (χ4v) is 3.69. The van der Waals surface area contributed by atoms with Gasteiger partial charge in [-0.25, -0.2) is 9.37 Å². The number of nitrogens with zero attached hydrogens (tertiary/aromatic N) is 3. The Balaban J connectivity index is 1.68. The van der Waals surface area contributed by atoms with Crippen molar-refractivity contribution in [1.29, 1.82) is 5.41 Å². The maximum absolute atomic E-state index is 12.9. The zero-order valence-corrected chi connectivity index (χ0v) is 18.5. The molecule has 1 saturated heterocycles. The molecule has 0 spiro atoms. The van der Waals surface area contributed by atoms with Gasteiger partial charge in [-0.3, -0.25) is 24.8 Å². The van der Waals surface area contributed by atoms with Crippen LogP contribution in [0, 0.1) is 5.41 Å². The number of anilines is 2. The van der Waals surface area contributed by atoms with Crippen LogP contribution in [0.4, 0.5) is 15.9 Å². The highest BCUT2D eigenvalue weighted by Crippen LogP contribution is 2.21. The van der Waals surface area contributed by atoms with Crippen molar-refractivity contribution in [2.75, 3.05) is 23.7 Å². The lowest BCUT2D eigenvalue weighted by atomic mass is 10.1. The smallest absolute Gasteiger partial charge is 0.267 e. The molecular formula is C20H21BrFN7O3. The van der Waals surface area contributed by atoms with Crippen LogP contribution in [0.15, 0.2) is 35.1 Å². The summed E-state index contributed by atoms with van der Waals surface area (Å²) in [6.07, 6.45) is 2.41. The van der Waals surface area contributed by atoms with Crippen LogP contribution in [0.3, 0.4) is 0 Å². The third-order valence-electron chi connectivity index (χ3n) is 4.89. The fourth-order valence-electron chi connectivity index (χ4n) is 3.35. The second kappa shape index (κ2) is 10.3. The minimum Gasteiger partial charge on any atom is -0.374 e. The Morgan fingerprint density at radius 1 is 1.34 bits per heavy atom. The first-order valence-electron chi connectivity index (χ1n) is 9.70. The first kappa shape index (κ1) is 23.3. The average molecular weight is 506 g/mol. The number of aromatic nitrogens is 2. The van der Waals surface area contributed by atoms with Crippen molar-refractivity contribution in [3.8, 4) is 0 Å². The maximum atomic E-state index is 12.9. The molecule has 168 valence electrons. The lowest BCUT2D eigenvalue weighted by Crippen LogP contribution is -2.45. The van der Waals surface area contributed by atoms with E-state index in [9.17, 15) is 18.8 Å². The van der Waals surface area contributed by atoms with Gasteiger partial charge in [-0.05, 0) is 47.0 Å². The molecule has 1 atom stereocenters. The molecule has 10 nitrogen and oxygen atoms in total. The summed E-state index contributed by atoms with van der Waals surface area (Å²) < 4.78 is 13.5. The second-order valence-electron chi connectivity index (χ2n) is 7.03. The summed E-state index contributed by atoms with van der Waals surface area (Å²) in [6.45, 7) is -0.683. The molecule has 0 bridgehead atoms. The minimum atomic E-state index is -0.993. The Labute approximate surface area is 191 Å². The van der Waals surface area contributed by atoms with Gasteiger partial charge in [-0.1, -0.05) is 6.07 Å². The van der Waals surface area contributed by atoms with Gasteiger partial charge in [0.2, 0.25) is 11.8 Å². The highest BCUT2D eigenvalue weighted by molar-refractivity contribution is 9.10. The van der Waals surface area contributed by atoms with Gasteiger partial charge in [0.05, 0.1) is 24.1 Å². The van der Waals surface area contributed by atoms with Gasteiger partial charge < -0.3 is 21.3 Å². The van der Waals surface area contributed by atoms with Crippen LogP contribution in [0.2, 0.25) is 0 Å². The van der Waals surface area contributed by atoms with E-state index in [1.165, 1.54) is 17.2 Å². The SMILES string of the molecule is N=C(C(N)=O)c1cc(CF)ncc1NCC(=O)N1CCC[C@H]1C(=O)Nc1cccc(Br)n1. The van der Waals surface area contributed by atoms with E-state index in [1.54, 1.807) is 18.2 Å². The highest BCUT2D eigenvalue weighted by atomic mass is 79.9. The van der Waals surface area contributed by atoms with E-state index in [4.69, 9.17) is 11.1 Å². The number of alkyl halides is 1. The Kier molecular flexibility index (Phi) is 7.46. The van der Waals surface area contributed by atoms with Crippen LogP contribution in [-0.4, -0.2) is 57.4 Å². The number of hydrogen-bond donors (Lipinski definition) is 4. The van der Waals surface area contributed by atoms with E-state index in [2.05, 4.69) is 36.5 Å². The molecule has 1 aliphatic rings. The molecule has 3 rings (SSSR count). The summed E-state index contributed by atoms with van der Waals surface area (Å²) >= 11 is 3.24. The predicted octanol–water partition coefficient (Wildman–Crippen LogP) is 1.60. The molecule has 0 unspecified atom stereocenters. The van der Waals surface area contributed by atoms with Gasteiger partial charge in [0.1, 0.15) is 28.8 Å². The molecule has 5 N–H and O–H groups in total. The summed E-state index contributed by atoms with van der Waals surface area (Å²) in [6, 6.07) is 5.69. The van der Waals surface area contributed by atoms with Crippen LogP contribution in [0.5, 0.6) is 0 Å². The number of pyridine rings is 2. The van der Waals surface area contributed by atoms with Crippen molar-refractivity contribution in [3.63, 3.8) is 0 Å². The number of nitrogens with two attached hydrogens (primary N) is 1. The molecule has 3 heterocycles. The van der Waals surface area contributed by atoms with Crippen molar-refractivity contribution < 1.29 is 18.8 Å². The average Bonchev–Trinajstić information content (AvgIpc) is 3.27. The van der Waals surface area contributed by atoms with E-state index >= 15 is 0 Å². The lowest BCUT2D eigenvalue weighted by Gasteiger charge is -2.24. The summed E-state index contributed by atoms with van der Waals surface area (Å²) in [5.74, 6) is -1.31. The normalized spacial score (nSPS) is 15.3. The monoisotopic (exact) mass is 505 g/mol. The Bertz CT molecular complexity index is 1070. The number of halogens is 2. The fraction of sp³-hybridized carbons (Fsp3) is 0.300. The van der Waals surface area contributed by atoms with Gasteiger partial charge in [-0.2, -0.15) is 0 Å². The lowest BCUT2D eigenvalue weighted by molar-refractivity contribution is -0.135. The molecule has 12 heteroatoms. The van der Waals surface area contributed by atoms with Crippen molar-refractivity contribution in [3.05, 3.63) is 46.3 Å². The summed E-state index contributed by atoms with van der Waals surface area (Å²) in [5.41, 5.74) is 4.91. The second-order valence-corrected chi connectivity index (χ2v) is 7.84. The van der Waals surface area contributed by atoms with E-state index in [1.807, 2.05) is 0 Å². The summed E-state index contributed by atoms with van der Waals surface area (Å²) in [7, 11) is 0. The van der Waals surface area contributed by atoms with Crippen LogP contribution in [-0.2, 0) is 21.1 Å². The number of primary amides is 1. The molecule has 3 amide bonds. The number of nitrogens with one attached hydrogen (secondary N) is 3. The summed E-state index contributed by atoms with van der Waals surface area (Å²) in [5, 5.41) is 13.4. The third kappa shape index (κ3) is 5.44. The largest absolute Gasteiger partial charge is 0.374 e. The van der Waals surface area contributed by atoms with Gasteiger partial charge in [-0.15, -0.1) is 0 Å². The van der Waals surface area contributed by atoms with Crippen LogP contribution in [0.25, 0.3) is 0 Å². The topological polar surface area (TPSA) is 154 Å². The number of amides is 3. The molecule has 0 radical (unpaired) electrons. The number of carbonyl (C=O) groups is 3. The molecule has 0 saturated carbocycles. The maximum Gasteiger partial charge on any atom is 0.267 e. The summed E-state index contributed by atoms with van der Waals surface area (Å²) in [4.78, 5) is 46.4. The van der Waals surface area contributed by atoms with Crippen molar-refractivity contribution >= 4 is 50.9 Å². The molecular weight excluding hydrogens is 485 g/mol. The molecule has 1 fully saturated rings. The van der Waals surface area contributed by atoms with E-state index in [0.717, 1.165) is 0 Å². The molecule has 1 aliphatic heterocycles. The van der Waals surface area contributed by atoms with E-state index in [-0.39, 0.29) is 35.3 Å². The molecule has 0 aliphatic carbocycles. The van der Waals surface area contributed by atoms with Crippen molar-refractivity contribution in [2.45, 2.75) is 25.6 Å². The Morgan fingerprint density at radius 3 is 2.81 bits per heavy atom. The van der Waals surface area contributed by atoms with Crippen molar-refractivity contribution in [1.82, 2.24) is 14.9 Å². The number of hydrogen-bond acceptors (Lipinski definition) is 7. The zero-order chi connectivity index (χ0) is 23.3. The van der Waals surface area contributed by atoms with E-state index < -0.39 is 24.3 Å². The first-order chi connectivity index (χ1) is 15.3. The van der Waals surface area contributed by atoms with E-state index in [0.29, 0.717) is 29.8 Å². The first-order valence-corrected chi connectivity index (χ1v) is 10.5. The molecule has 2 aromatic rings. The molecule has 0 aromatic carbocycles. The predicted molar refractivity (Wildman–Crippen MR) is 119 cm³/mol. The zero-order valence-electron chi connectivity index (χ0n) is 16.9. The highest BCUT2D eigenvalue weighted by Gasteiger charge is 2.34. The minimum absolute atomic E-state index is 0.0281. The molecule has 2 aromatic heterocycles. The Hall–Kier alpha value is -3.41. The number of rotatable bonds is 8. The van der Waals surface area contributed by atoms with Crippen LogP contribution < -0.4 is 16.4 Å². The van der Waals surface area contributed by atoms with Crippen LogP contribution >= 0.6 is 15.9 Å². The van der Waals surface area contributed by atoms with Crippen LogP contribution in [0.1, 0.15) is 24.1 Å².